The first-order valence-electron chi connectivity index (χ1n) is 4.72. The summed E-state index contributed by atoms with van der Waals surface area (Å²) in [5.41, 5.74) is 3.66. The van der Waals surface area contributed by atoms with E-state index in [1.165, 1.54) is 13.2 Å². The molecule has 0 aliphatic rings. The average Bonchev–Trinajstić information content (AvgIpc) is 2.15. The van der Waals surface area contributed by atoms with Crippen LogP contribution in [-0.4, -0.2) is 13.5 Å². The molecule has 0 aliphatic carbocycles. The van der Waals surface area contributed by atoms with Gasteiger partial charge in [0.1, 0.15) is 17.1 Å². The third-order valence-electron chi connectivity index (χ3n) is 2.41. The highest BCUT2D eigenvalue weighted by Crippen LogP contribution is 2.35. The van der Waals surface area contributed by atoms with Crippen LogP contribution in [0.2, 0.25) is 0 Å². The van der Waals surface area contributed by atoms with Gasteiger partial charge in [0, 0.05) is 0 Å². The number of benzene rings is 1. The van der Waals surface area contributed by atoms with Crippen LogP contribution in [0.4, 0.5) is 13.2 Å². The van der Waals surface area contributed by atoms with E-state index in [2.05, 4.69) is 0 Å². The molecule has 1 aromatic rings. The SMILES string of the molecule is COc1cc(C)cc(F)c1C(C)(N)C(F)F. The van der Waals surface area contributed by atoms with E-state index < -0.39 is 17.8 Å². The van der Waals surface area contributed by atoms with Crippen LogP contribution in [0.15, 0.2) is 12.1 Å². The highest BCUT2D eigenvalue weighted by molar-refractivity contribution is 5.43. The Bertz CT molecular complexity index is 391. The van der Waals surface area contributed by atoms with Crippen molar-refractivity contribution in [3.63, 3.8) is 0 Å². The molecule has 0 saturated heterocycles. The lowest BCUT2D eigenvalue weighted by Crippen LogP contribution is -2.41. The number of halogens is 3. The quantitative estimate of drug-likeness (QED) is 0.870. The first kappa shape index (κ1) is 12.8. The normalized spacial score (nSPS) is 15.0. The molecule has 0 saturated carbocycles. The van der Waals surface area contributed by atoms with Crippen LogP contribution in [0.1, 0.15) is 18.1 Å². The van der Waals surface area contributed by atoms with Crippen molar-refractivity contribution in [1.82, 2.24) is 0 Å². The number of methoxy groups -OCH3 is 1. The molecular formula is C11H14F3NO. The third kappa shape index (κ3) is 2.14. The summed E-state index contributed by atoms with van der Waals surface area (Å²) in [5.74, 6) is -0.732. The van der Waals surface area contributed by atoms with E-state index in [4.69, 9.17) is 10.5 Å². The summed E-state index contributed by atoms with van der Waals surface area (Å²) in [5, 5.41) is 0. The lowest BCUT2D eigenvalue weighted by molar-refractivity contribution is 0.0589. The van der Waals surface area contributed by atoms with Gasteiger partial charge in [0.2, 0.25) is 0 Å². The van der Waals surface area contributed by atoms with Crippen LogP contribution >= 0.6 is 0 Å². The Morgan fingerprint density at radius 1 is 1.38 bits per heavy atom. The predicted octanol–water partition coefficient (Wildman–Crippen LogP) is 2.58. The van der Waals surface area contributed by atoms with E-state index in [1.54, 1.807) is 6.92 Å². The summed E-state index contributed by atoms with van der Waals surface area (Å²) in [6.45, 7) is 2.72. The van der Waals surface area contributed by atoms with Gasteiger partial charge in [-0.2, -0.15) is 0 Å². The zero-order chi connectivity index (χ0) is 12.5. The van der Waals surface area contributed by atoms with Crippen molar-refractivity contribution < 1.29 is 17.9 Å². The van der Waals surface area contributed by atoms with E-state index in [0.717, 1.165) is 13.0 Å². The number of nitrogens with two attached hydrogens (primary N) is 1. The molecule has 1 unspecified atom stereocenters. The Kier molecular flexibility index (Phi) is 3.48. The summed E-state index contributed by atoms with van der Waals surface area (Å²) < 4.78 is 44.0. The molecule has 1 aromatic carbocycles. The number of alkyl halides is 2. The summed E-state index contributed by atoms with van der Waals surface area (Å²) >= 11 is 0. The third-order valence-corrected chi connectivity index (χ3v) is 2.41. The molecule has 0 aromatic heterocycles. The summed E-state index contributed by atoms with van der Waals surface area (Å²) in [4.78, 5) is 0. The second kappa shape index (κ2) is 4.33. The van der Waals surface area contributed by atoms with Crippen molar-refractivity contribution in [2.45, 2.75) is 25.8 Å². The molecule has 5 heteroatoms. The molecule has 0 aliphatic heterocycles. The Labute approximate surface area is 92.2 Å². The van der Waals surface area contributed by atoms with E-state index in [1.807, 2.05) is 0 Å². The maximum absolute atomic E-state index is 13.7. The first-order valence-corrected chi connectivity index (χ1v) is 4.72. The van der Waals surface area contributed by atoms with Crippen LogP contribution < -0.4 is 10.5 Å². The molecule has 0 fully saturated rings. The molecule has 0 spiro atoms. The van der Waals surface area contributed by atoms with Gasteiger partial charge in [0.15, 0.2) is 0 Å². The van der Waals surface area contributed by atoms with Crippen molar-refractivity contribution >= 4 is 0 Å². The van der Waals surface area contributed by atoms with Crippen LogP contribution in [0.25, 0.3) is 0 Å². The van der Waals surface area contributed by atoms with Crippen molar-refractivity contribution in [3.05, 3.63) is 29.1 Å². The molecule has 16 heavy (non-hydrogen) atoms. The Balaban J connectivity index is 3.43. The average molecular weight is 233 g/mol. The molecule has 1 atom stereocenters. The van der Waals surface area contributed by atoms with Crippen LogP contribution in [0.3, 0.4) is 0 Å². The summed E-state index contributed by atoms with van der Waals surface area (Å²) in [6.07, 6.45) is -2.88. The molecule has 2 N–H and O–H groups in total. The van der Waals surface area contributed by atoms with Gasteiger partial charge in [0.05, 0.1) is 12.7 Å². The smallest absolute Gasteiger partial charge is 0.260 e. The highest BCUT2D eigenvalue weighted by Gasteiger charge is 2.37. The topological polar surface area (TPSA) is 35.2 Å². The van der Waals surface area contributed by atoms with Crippen LogP contribution in [0, 0.1) is 12.7 Å². The minimum absolute atomic E-state index is 0.0443. The minimum atomic E-state index is -2.88. The van der Waals surface area contributed by atoms with E-state index >= 15 is 0 Å². The van der Waals surface area contributed by atoms with Gasteiger partial charge in [-0.3, -0.25) is 0 Å². The zero-order valence-electron chi connectivity index (χ0n) is 9.35. The molecular weight excluding hydrogens is 219 g/mol. The number of hydrogen-bond acceptors (Lipinski definition) is 2. The van der Waals surface area contributed by atoms with Gasteiger partial charge in [0.25, 0.3) is 6.43 Å². The maximum atomic E-state index is 13.7. The van der Waals surface area contributed by atoms with Crippen molar-refractivity contribution in [2.24, 2.45) is 5.73 Å². The molecule has 2 nitrogen and oxygen atoms in total. The van der Waals surface area contributed by atoms with Gasteiger partial charge in [-0.15, -0.1) is 0 Å². The van der Waals surface area contributed by atoms with E-state index in [0.29, 0.717) is 5.56 Å². The molecule has 0 bridgehead atoms. The molecule has 0 heterocycles. The predicted molar refractivity (Wildman–Crippen MR) is 55.2 cm³/mol. The first-order chi connectivity index (χ1) is 7.30. The fraction of sp³-hybridized carbons (Fsp3) is 0.455. The zero-order valence-corrected chi connectivity index (χ0v) is 9.35. The molecule has 1 rings (SSSR count). The standard InChI is InChI=1S/C11H14F3NO/c1-6-4-7(12)9(8(5-6)16-3)11(2,15)10(13)14/h4-5,10H,15H2,1-3H3. The number of aryl methyl sites for hydroxylation is 1. The van der Waals surface area contributed by atoms with Crippen molar-refractivity contribution in [2.75, 3.05) is 7.11 Å². The maximum Gasteiger partial charge on any atom is 0.260 e. The molecule has 90 valence electrons. The number of ether oxygens (including phenoxy) is 1. The van der Waals surface area contributed by atoms with Gasteiger partial charge in [-0.1, -0.05) is 0 Å². The van der Waals surface area contributed by atoms with Gasteiger partial charge >= 0.3 is 0 Å². The lowest BCUT2D eigenvalue weighted by atomic mass is 9.91. The molecule has 0 radical (unpaired) electrons. The van der Waals surface area contributed by atoms with Gasteiger partial charge < -0.3 is 10.5 Å². The minimum Gasteiger partial charge on any atom is -0.496 e. The lowest BCUT2D eigenvalue weighted by Gasteiger charge is -2.26. The fourth-order valence-corrected chi connectivity index (χ4v) is 1.50. The second-order valence-corrected chi connectivity index (χ2v) is 3.91. The Morgan fingerprint density at radius 3 is 2.38 bits per heavy atom. The van der Waals surface area contributed by atoms with Crippen molar-refractivity contribution in [3.8, 4) is 5.75 Å². The van der Waals surface area contributed by atoms with Gasteiger partial charge in [-0.05, 0) is 31.5 Å². The van der Waals surface area contributed by atoms with Crippen LogP contribution in [-0.2, 0) is 5.54 Å². The van der Waals surface area contributed by atoms with E-state index in [-0.39, 0.29) is 11.3 Å². The Hall–Kier alpha value is -1.23. The van der Waals surface area contributed by atoms with E-state index in [9.17, 15) is 13.2 Å². The largest absolute Gasteiger partial charge is 0.496 e. The van der Waals surface area contributed by atoms with Crippen LogP contribution in [0.5, 0.6) is 5.75 Å². The number of rotatable bonds is 3. The summed E-state index contributed by atoms with van der Waals surface area (Å²) in [7, 11) is 1.29. The molecule has 0 amide bonds. The second-order valence-electron chi connectivity index (χ2n) is 3.91. The number of hydrogen-bond donors (Lipinski definition) is 1. The van der Waals surface area contributed by atoms with Crippen molar-refractivity contribution in [1.29, 1.82) is 0 Å². The Morgan fingerprint density at radius 2 is 1.94 bits per heavy atom. The highest BCUT2D eigenvalue weighted by atomic mass is 19.3. The summed E-state index contributed by atoms with van der Waals surface area (Å²) in [6, 6.07) is 2.64. The van der Waals surface area contributed by atoms with Gasteiger partial charge in [-0.25, -0.2) is 13.2 Å². The fourth-order valence-electron chi connectivity index (χ4n) is 1.50. The monoisotopic (exact) mass is 233 g/mol.